The molecule has 0 bridgehead atoms. The van der Waals surface area contributed by atoms with Crippen molar-refractivity contribution in [2.75, 3.05) is 37.7 Å². The van der Waals surface area contributed by atoms with E-state index >= 15 is 0 Å². The van der Waals surface area contributed by atoms with Crippen LogP contribution in [0.15, 0.2) is 24.3 Å². The number of thioether (sulfide) groups is 1. The summed E-state index contributed by atoms with van der Waals surface area (Å²) in [6.45, 7) is 8.56. The number of hydrogen-bond acceptors (Lipinski definition) is 4. The molecular weight excluding hydrogens is 268 g/mol. The fraction of sp³-hybridized carbons (Fsp3) is 0.562. The van der Waals surface area contributed by atoms with Gasteiger partial charge in [0, 0.05) is 12.3 Å². The van der Waals surface area contributed by atoms with Gasteiger partial charge in [0.2, 0.25) is 0 Å². The summed E-state index contributed by atoms with van der Waals surface area (Å²) in [6.07, 6.45) is 1.04. The van der Waals surface area contributed by atoms with E-state index < -0.39 is 0 Å². The van der Waals surface area contributed by atoms with Gasteiger partial charge in [0.1, 0.15) is 5.75 Å². The van der Waals surface area contributed by atoms with Gasteiger partial charge in [-0.25, -0.2) is 0 Å². The molecule has 3 nitrogen and oxygen atoms in total. The number of nitrogens with zero attached hydrogens (tertiary/aromatic N) is 2. The third kappa shape index (κ3) is 6.83. The van der Waals surface area contributed by atoms with Crippen LogP contribution in [0.4, 0.5) is 0 Å². The minimum absolute atomic E-state index is 0.649. The molecule has 0 radical (unpaired) electrons. The lowest BCUT2D eigenvalue weighted by Crippen LogP contribution is -2.25. The Labute approximate surface area is 126 Å². The number of rotatable bonds is 10. The quantitative estimate of drug-likeness (QED) is 0.619. The predicted octanol–water partition coefficient (Wildman–Crippen LogP) is 3.40. The second kappa shape index (κ2) is 10.6. The van der Waals surface area contributed by atoms with Gasteiger partial charge < -0.3 is 9.64 Å². The van der Waals surface area contributed by atoms with Crippen molar-refractivity contribution in [2.45, 2.75) is 20.3 Å². The Balaban J connectivity index is 2.06. The smallest absolute Gasteiger partial charge is 0.120 e. The molecule has 0 fully saturated rings. The molecule has 0 unspecified atom stereocenters. The van der Waals surface area contributed by atoms with Crippen LogP contribution in [0.2, 0.25) is 0 Å². The largest absolute Gasteiger partial charge is 0.494 e. The van der Waals surface area contributed by atoms with Crippen LogP contribution in [0.5, 0.6) is 5.75 Å². The molecule has 20 heavy (non-hydrogen) atoms. The highest BCUT2D eigenvalue weighted by Crippen LogP contribution is 2.13. The van der Waals surface area contributed by atoms with E-state index in [1.54, 1.807) is 12.1 Å². The van der Waals surface area contributed by atoms with Crippen molar-refractivity contribution < 1.29 is 4.74 Å². The first-order valence-corrected chi connectivity index (χ1v) is 8.38. The van der Waals surface area contributed by atoms with Gasteiger partial charge in [-0.15, -0.1) is 0 Å². The van der Waals surface area contributed by atoms with Crippen LogP contribution in [-0.2, 0) is 0 Å². The summed E-state index contributed by atoms with van der Waals surface area (Å²) in [4.78, 5) is 2.44. The van der Waals surface area contributed by atoms with E-state index in [9.17, 15) is 0 Å². The van der Waals surface area contributed by atoms with Crippen LogP contribution in [0.1, 0.15) is 25.8 Å². The Kier molecular flexibility index (Phi) is 8.93. The maximum atomic E-state index is 8.80. The average Bonchev–Trinajstić information content (AvgIpc) is 2.50. The molecule has 0 N–H and O–H groups in total. The minimum atomic E-state index is 0.649. The van der Waals surface area contributed by atoms with Gasteiger partial charge in [0.15, 0.2) is 0 Å². The Bertz CT molecular complexity index is 413. The number of ether oxygens (including phenoxy) is 1. The molecule has 0 saturated carbocycles. The van der Waals surface area contributed by atoms with E-state index in [-0.39, 0.29) is 0 Å². The van der Waals surface area contributed by atoms with Crippen molar-refractivity contribution in [2.24, 2.45) is 0 Å². The van der Waals surface area contributed by atoms with Crippen molar-refractivity contribution in [3.63, 3.8) is 0 Å². The molecule has 0 aliphatic carbocycles. The zero-order valence-corrected chi connectivity index (χ0v) is 13.3. The van der Waals surface area contributed by atoms with Crippen LogP contribution < -0.4 is 4.74 Å². The Hall–Kier alpha value is -1.18. The van der Waals surface area contributed by atoms with E-state index in [4.69, 9.17) is 10.00 Å². The van der Waals surface area contributed by atoms with Gasteiger partial charge in [-0.2, -0.15) is 17.0 Å². The fourth-order valence-electron chi connectivity index (χ4n) is 1.84. The summed E-state index contributed by atoms with van der Waals surface area (Å²) in [7, 11) is 0. The monoisotopic (exact) mass is 292 g/mol. The van der Waals surface area contributed by atoms with Crippen LogP contribution >= 0.6 is 11.8 Å². The van der Waals surface area contributed by atoms with E-state index in [0.29, 0.717) is 12.2 Å². The maximum absolute atomic E-state index is 8.80. The van der Waals surface area contributed by atoms with Gasteiger partial charge >= 0.3 is 0 Å². The summed E-state index contributed by atoms with van der Waals surface area (Å²) >= 11 is 1.98. The lowest BCUT2D eigenvalue weighted by atomic mass is 10.2. The average molecular weight is 292 g/mol. The molecule has 0 aliphatic heterocycles. The molecule has 0 spiro atoms. The molecule has 1 rings (SSSR count). The highest BCUT2D eigenvalue weighted by Gasteiger charge is 1.99. The van der Waals surface area contributed by atoms with Crippen molar-refractivity contribution in [3.05, 3.63) is 29.8 Å². The van der Waals surface area contributed by atoms with Crippen LogP contribution in [-0.4, -0.2) is 42.6 Å². The Morgan fingerprint density at radius 1 is 1.25 bits per heavy atom. The van der Waals surface area contributed by atoms with Crippen LogP contribution in [0.25, 0.3) is 0 Å². The molecule has 0 saturated heterocycles. The lowest BCUT2D eigenvalue weighted by Gasteiger charge is -2.17. The van der Waals surface area contributed by atoms with Crippen molar-refractivity contribution in [3.8, 4) is 11.8 Å². The normalized spacial score (nSPS) is 10.5. The van der Waals surface area contributed by atoms with E-state index in [1.807, 2.05) is 23.9 Å². The molecule has 110 valence electrons. The van der Waals surface area contributed by atoms with Crippen LogP contribution in [0, 0.1) is 11.3 Å². The third-order valence-corrected chi connectivity index (χ3v) is 4.16. The van der Waals surface area contributed by atoms with Gasteiger partial charge in [-0.05, 0) is 43.5 Å². The highest BCUT2D eigenvalue weighted by molar-refractivity contribution is 7.99. The number of nitriles is 1. The Morgan fingerprint density at radius 3 is 2.75 bits per heavy atom. The highest BCUT2D eigenvalue weighted by atomic mass is 32.2. The zero-order chi connectivity index (χ0) is 14.6. The summed E-state index contributed by atoms with van der Waals surface area (Å²) < 4.78 is 5.64. The molecule has 1 aromatic carbocycles. The standard InChI is InChI=1S/C16H24N2OS/c1-3-18(4-2)9-12-20-11-6-10-19-16-8-5-7-15(13-16)14-17/h5,7-8,13H,3-4,6,9-12H2,1-2H3. The van der Waals surface area contributed by atoms with E-state index in [1.165, 1.54) is 12.3 Å². The first-order chi connectivity index (χ1) is 9.80. The minimum Gasteiger partial charge on any atom is -0.494 e. The van der Waals surface area contributed by atoms with Gasteiger partial charge in [0.25, 0.3) is 0 Å². The lowest BCUT2D eigenvalue weighted by molar-refractivity contribution is 0.318. The summed E-state index contributed by atoms with van der Waals surface area (Å²) in [5, 5.41) is 8.80. The molecule has 0 heterocycles. The predicted molar refractivity (Wildman–Crippen MR) is 86.4 cm³/mol. The molecule has 0 aromatic heterocycles. The van der Waals surface area contributed by atoms with Crippen molar-refractivity contribution in [1.82, 2.24) is 4.90 Å². The number of benzene rings is 1. The topological polar surface area (TPSA) is 36.3 Å². The number of hydrogen-bond donors (Lipinski definition) is 0. The van der Waals surface area contributed by atoms with Crippen molar-refractivity contribution >= 4 is 11.8 Å². The second-order valence-corrected chi connectivity index (χ2v) is 5.71. The molecular formula is C16H24N2OS. The molecule has 4 heteroatoms. The van der Waals surface area contributed by atoms with Crippen molar-refractivity contribution in [1.29, 1.82) is 5.26 Å². The first kappa shape index (κ1) is 16.9. The Morgan fingerprint density at radius 2 is 2.05 bits per heavy atom. The fourth-order valence-corrected chi connectivity index (χ4v) is 2.76. The maximum Gasteiger partial charge on any atom is 0.120 e. The summed E-state index contributed by atoms with van der Waals surface area (Å²) in [5.74, 6) is 3.10. The van der Waals surface area contributed by atoms with Gasteiger partial charge in [0.05, 0.1) is 18.2 Å². The molecule has 0 amide bonds. The molecule has 1 aromatic rings. The third-order valence-electron chi connectivity index (χ3n) is 3.11. The molecule has 0 aliphatic rings. The molecule has 0 atom stereocenters. The van der Waals surface area contributed by atoms with Gasteiger partial charge in [-0.1, -0.05) is 19.9 Å². The van der Waals surface area contributed by atoms with Crippen LogP contribution in [0.3, 0.4) is 0 Å². The SMILES string of the molecule is CCN(CC)CCSCCCOc1cccc(C#N)c1. The first-order valence-electron chi connectivity index (χ1n) is 7.23. The zero-order valence-electron chi connectivity index (χ0n) is 12.5. The summed E-state index contributed by atoms with van der Waals surface area (Å²) in [5.41, 5.74) is 0.649. The second-order valence-electron chi connectivity index (χ2n) is 4.48. The van der Waals surface area contributed by atoms with E-state index in [0.717, 1.165) is 31.0 Å². The van der Waals surface area contributed by atoms with Gasteiger partial charge in [-0.3, -0.25) is 0 Å². The van der Waals surface area contributed by atoms with E-state index in [2.05, 4.69) is 24.8 Å². The summed E-state index contributed by atoms with van der Waals surface area (Å²) in [6, 6.07) is 9.44.